The second kappa shape index (κ2) is 17.1. The Morgan fingerprint density at radius 1 is 0.352 bits per heavy atom. The summed E-state index contributed by atoms with van der Waals surface area (Å²) in [5.74, 6) is 2.79. The van der Waals surface area contributed by atoms with Crippen molar-refractivity contribution < 1.29 is 8.78 Å². The van der Waals surface area contributed by atoms with E-state index in [9.17, 15) is 8.78 Å². The molecule has 0 heterocycles. The molecule has 0 bridgehead atoms. The van der Waals surface area contributed by atoms with Gasteiger partial charge in [-0.3, -0.25) is 0 Å². The van der Waals surface area contributed by atoms with Gasteiger partial charge in [0.25, 0.3) is 0 Å². The Balaban J connectivity index is 0.000000167. The second-order valence-corrected chi connectivity index (χ2v) is 16.3. The molecule has 0 aromatic heterocycles. The van der Waals surface area contributed by atoms with Crippen molar-refractivity contribution in [3.8, 4) is 44.5 Å². The van der Waals surface area contributed by atoms with Gasteiger partial charge < -0.3 is 0 Å². The zero-order chi connectivity index (χ0) is 37.6. The minimum atomic E-state index is -0.165. The summed E-state index contributed by atoms with van der Waals surface area (Å²) < 4.78 is 29.5. The van der Waals surface area contributed by atoms with Crippen molar-refractivity contribution in [3.63, 3.8) is 0 Å². The van der Waals surface area contributed by atoms with E-state index in [2.05, 4.69) is 62.4 Å². The van der Waals surface area contributed by atoms with Gasteiger partial charge in [-0.15, -0.1) is 0 Å². The van der Waals surface area contributed by atoms with Crippen LogP contribution in [0.25, 0.3) is 44.5 Å². The third-order valence-corrected chi connectivity index (χ3v) is 12.1. The lowest BCUT2D eigenvalue weighted by Gasteiger charge is -2.26. The average molecular weight is 717 g/mol. The molecule has 276 valence electrons. The molecule has 2 heteroatoms. The summed E-state index contributed by atoms with van der Waals surface area (Å²) in [6, 6.07) is 44.7. The van der Waals surface area contributed by atoms with Crippen LogP contribution in [0.5, 0.6) is 0 Å². The van der Waals surface area contributed by atoms with E-state index >= 15 is 0 Å². The first-order chi connectivity index (χ1) is 26.2. The predicted molar refractivity (Wildman–Crippen MR) is 225 cm³/mol. The van der Waals surface area contributed by atoms with Gasteiger partial charge >= 0.3 is 0 Å². The second-order valence-electron chi connectivity index (χ2n) is 16.3. The lowest BCUT2D eigenvalue weighted by atomic mass is 9.79. The fourth-order valence-electron chi connectivity index (χ4n) is 8.41. The third kappa shape index (κ3) is 9.09. The maximum Gasteiger partial charge on any atom is 0.131 e. The number of hydrogen-bond acceptors (Lipinski definition) is 0. The molecule has 2 fully saturated rings. The smallest absolute Gasteiger partial charge is 0.131 e. The van der Waals surface area contributed by atoms with Gasteiger partial charge in [-0.05, 0) is 120 Å². The van der Waals surface area contributed by atoms with Gasteiger partial charge in [0.05, 0.1) is 0 Å². The summed E-state index contributed by atoms with van der Waals surface area (Å²) in [7, 11) is 0. The Bertz CT molecular complexity index is 1950. The molecule has 0 N–H and O–H groups in total. The summed E-state index contributed by atoms with van der Waals surface area (Å²) >= 11 is 0. The molecule has 2 aliphatic rings. The maximum atomic E-state index is 14.7. The van der Waals surface area contributed by atoms with Gasteiger partial charge in [0.15, 0.2) is 0 Å². The first kappa shape index (κ1) is 37.5. The zero-order valence-electron chi connectivity index (χ0n) is 32.4. The minimum absolute atomic E-state index is 0.165. The van der Waals surface area contributed by atoms with Crippen LogP contribution in [0.1, 0.15) is 99.3 Å². The molecule has 8 rings (SSSR count). The highest BCUT2D eigenvalue weighted by atomic mass is 19.1. The van der Waals surface area contributed by atoms with E-state index in [4.69, 9.17) is 0 Å². The average Bonchev–Trinajstić information content (AvgIpc) is 3.20. The molecule has 0 nitrogen and oxygen atoms in total. The molecular weight excluding hydrogens is 663 g/mol. The van der Waals surface area contributed by atoms with Gasteiger partial charge in [-0.25, -0.2) is 8.78 Å². The third-order valence-electron chi connectivity index (χ3n) is 12.1. The van der Waals surface area contributed by atoms with E-state index in [1.54, 1.807) is 12.1 Å². The van der Waals surface area contributed by atoms with Crippen molar-refractivity contribution in [3.05, 3.63) is 167 Å². The van der Waals surface area contributed by atoms with E-state index in [1.807, 2.05) is 86.6 Å². The highest BCUT2D eigenvalue weighted by Crippen LogP contribution is 2.38. The fraction of sp³-hybridized carbons (Fsp3) is 0.308. The molecule has 0 spiro atoms. The Hall–Kier alpha value is -4.82. The Kier molecular flexibility index (Phi) is 11.9. The summed E-state index contributed by atoms with van der Waals surface area (Å²) in [6.07, 6.45) is 10.5. The highest BCUT2D eigenvalue weighted by Gasteiger charge is 2.21. The van der Waals surface area contributed by atoms with Crippen LogP contribution < -0.4 is 0 Å². The minimum Gasteiger partial charge on any atom is -0.206 e. The standard InChI is InChI=1S/2C26H27F/c2*1-18-3-7-20(8-4-18)21-11-13-22(14-12-21)24-15-16-25(26(27)17-24)23-9-5-19(2)6-10-23/h2*5-6,9-18,20H,3-4,7-8H2,1-2H3. The molecule has 0 aliphatic heterocycles. The van der Waals surface area contributed by atoms with Crippen LogP contribution in [-0.4, -0.2) is 0 Å². The summed E-state index contributed by atoms with van der Waals surface area (Å²) in [4.78, 5) is 0. The topological polar surface area (TPSA) is 0 Å². The molecule has 54 heavy (non-hydrogen) atoms. The fourth-order valence-corrected chi connectivity index (χ4v) is 8.41. The van der Waals surface area contributed by atoms with Crippen molar-refractivity contribution >= 4 is 0 Å². The molecule has 0 radical (unpaired) electrons. The monoisotopic (exact) mass is 716 g/mol. The predicted octanol–water partition coefficient (Wildman–Crippen LogP) is 15.5. The Morgan fingerprint density at radius 3 is 0.963 bits per heavy atom. The van der Waals surface area contributed by atoms with Crippen molar-refractivity contribution in [2.45, 2.75) is 90.9 Å². The van der Waals surface area contributed by atoms with E-state index < -0.39 is 0 Å². The summed E-state index contributed by atoms with van der Waals surface area (Å²) in [5, 5.41) is 0. The first-order valence-electron chi connectivity index (χ1n) is 20.1. The normalized spacial score (nSPS) is 19.8. The largest absolute Gasteiger partial charge is 0.206 e. The Morgan fingerprint density at radius 2 is 0.648 bits per heavy atom. The van der Waals surface area contributed by atoms with E-state index in [-0.39, 0.29) is 11.6 Å². The van der Waals surface area contributed by atoms with Crippen LogP contribution in [0.2, 0.25) is 0 Å². The van der Waals surface area contributed by atoms with E-state index in [0.717, 1.165) is 45.2 Å². The van der Waals surface area contributed by atoms with Crippen LogP contribution in [0.4, 0.5) is 8.78 Å². The van der Waals surface area contributed by atoms with Crippen LogP contribution in [0.15, 0.2) is 133 Å². The molecule has 0 saturated heterocycles. The molecule has 2 aliphatic carbocycles. The number of hydrogen-bond donors (Lipinski definition) is 0. The number of rotatable bonds is 6. The lowest BCUT2D eigenvalue weighted by molar-refractivity contribution is 0.348. The summed E-state index contributed by atoms with van der Waals surface area (Å²) in [5.41, 5.74) is 12.4. The molecule has 0 unspecified atom stereocenters. The van der Waals surface area contributed by atoms with Crippen LogP contribution in [0.3, 0.4) is 0 Å². The lowest BCUT2D eigenvalue weighted by Crippen LogP contribution is -2.10. The molecule has 0 amide bonds. The molecule has 6 aromatic carbocycles. The van der Waals surface area contributed by atoms with Crippen molar-refractivity contribution in [1.29, 1.82) is 0 Å². The van der Waals surface area contributed by atoms with Gasteiger partial charge in [-0.2, -0.15) is 0 Å². The van der Waals surface area contributed by atoms with E-state index in [1.165, 1.54) is 73.6 Å². The van der Waals surface area contributed by atoms with Crippen molar-refractivity contribution in [1.82, 2.24) is 0 Å². The maximum absolute atomic E-state index is 14.7. The van der Waals surface area contributed by atoms with Crippen molar-refractivity contribution in [2.24, 2.45) is 11.8 Å². The van der Waals surface area contributed by atoms with Crippen molar-refractivity contribution in [2.75, 3.05) is 0 Å². The summed E-state index contributed by atoms with van der Waals surface area (Å²) in [6.45, 7) is 8.80. The van der Waals surface area contributed by atoms with Crippen LogP contribution in [-0.2, 0) is 0 Å². The quantitative estimate of drug-likeness (QED) is 0.161. The molecule has 0 atom stereocenters. The number of aryl methyl sites for hydroxylation is 2. The molecule has 6 aromatic rings. The van der Waals surface area contributed by atoms with Crippen LogP contribution >= 0.6 is 0 Å². The highest BCUT2D eigenvalue weighted by molar-refractivity contribution is 5.72. The van der Waals surface area contributed by atoms with Gasteiger partial charge in [0, 0.05) is 11.1 Å². The van der Waals surface area contributed by atoms with Crippen LogP contribution in [0, 0.1) is 37.3 Å². The molecular formula is C52H54F2. The number of halogens is 2. The first-order valence-corrected chi connectivity index (χ1v) is 20.1. The SMILES string of the molecule is Cc1ccc(-c2ccc(-c3ccc(C4CCC(C)CC4)cc3)cc2F)cc1.Cc1ccc(-c2ccc(-c3ccc(C4CCC(C)CC4)cc3)cc2F)cc1. The Labute approximate surface area is 322 Å². The molecule has 2 saturated carbocycles. The van der Waals surface area contributed by atoms with E-state index in [0.29, 0.717) is 23.0 Å². The van der Waals surface area contributed by atoms with Gasteiger partial charge in [0.1, 0.15) is 11.6 Å². The van der Waals surface area contributed by atoms with Gasteiger partial charge in [-0.1, -0.05) is 172 Å². The number of benzene rings is 6. The van der Waals surface area contributed by atoms with Gasteiger partial charge in [0.2, 0.25) is 0 Å². The zero-order valence-corrected chi connectivity index (χ0v) is 32.4.